The molecule has 0 spiro atoms. The van der Waals surface area contributed by atoms with Crippen LogP contribution in [-0.4, -0.2) is 38.0 Å². The van der Waals surface area contributed by atoms with Gasteiger partial charge in [-0.15, -0.1) is 5.10 Å². The van der Waals surface area contributed by atoms with Gasteiger partial charge in [-0.25, -0.2) is 0 Å². The molecule has 0 saturated carbocycles. The summed E-state index contributed by atoms with van der Waals surface area (Å²) in [5.41, 5.74) is 0.854. The Morgan fingerprint density at radius 1 is 1.37 bits per heavy atom. The van der Waals surface area contributed by atoms with Gasteiger partial charge in [-0.2, -0.15) is 4.68 Å². The summed E-state index contributed by atoms with van der Waals surface area (Å²) < 4.78 is 6.65. The van der Waals surface area contributed by atoms with Crippen LogP contribution in [0.1, 0.15) is 13.8 Å². The second-order valence-electron chi connectivity index (χ2n) is 4.04. The van der Waals surface area contributed by atoms with Crippen molar-refractivity contribution in [2.24, 2.45) is 0 Å². The first kappa shape index (κ1) is 13.5. The largest absolute Gasteiger partial charge is 0.462 e. The van der Waals surface area contributed by atoms with Crippen LogP contribution in [0.2, 0.25) is 0 Å². The zero-order chi connectivity index (χ0) is 13.7. The van der Waals surface area contributed by atoms with Crippen molar-refractivity contribution in [3.8, 4) is 5.69 Å². The fraction of sp³-hybridized carbons (Fsp3) is 0.333. The smallest absolute Gasteiger partial charge is 0.316 e. The van der Waals surface area contributed by atoms with Crippen LogP contribution < -0.4 is 0 Å². The van der Waals surface area contributed by atoms with Crippen molar-refractivity contribution in [2.45, 2.75) is 25.1 Å². The van der Waals surface area contributed by atoms with Crippen LogP contribution in [0.3, 0.4) is 0 Å². The normalized spacial score (nSPS) is 10.7. The third kappa shape index (κ3) is 3.78. The first-order chi connectivity index (χ1) is 9.16. The molecule has 0 radical (unpaired) electrons. The third-order valence-electron chi connectivity index (χ3n) is 2.13. The zero-order valence-corrected chi connectivity index (χ0v) is 11.5. The molecule has 100 valence electrons. The standard InChI is InChI=1S/C12H14N4O2S/c1-9(2)18-11(17)8-19-12-13-14-15-16(12)10-6-4-3-5-7-10/h3-7,9H,8H2,1-2H3. The number of hydrogen-bond donors (Lipinski definition) is 0. The van der Waals surface area contributed by atoms with Gasteiger partial charge in [-0.3, -0.25) is 4.79 Å². The van der Waals surface area contributed by atoms with Crippen molar-refractivity contribution >= 4 is 17.7 Å². The fourth-order valence-corrected chi connectivity index (χ4v) is 2.09. The molecule has 0 aliphatic rings. The Labute approximate surface area is 115 Å². The van der Waals surface area contributed by atoms with Crippen molar-refractivity contribution in [3.05, 3.63) is 30.3 Å². The second-order valence-corrected chi connectivity index (χ2v) is 4.98. The second kappa shape index (κ2) is 6.33. The number of thioether (sulfide) groups is 1. The number of hydrogen-bond acceptors (Lipinski definition) is 6. The van der Waals surface area contributed by atoms with E-state index in [0.29, 0.717) is 5.16 Å². The number of para-hydroxylation sites is 1. The lowest BCUT2D eigenvalue weighted by Crippen LogP contribution is -2.13. The van der Waals surface area contributed by atoms with E-state index in [2.05, 4.69) is 15.5 Å². The van der Waals surface area contributed by atoms with Crippen LogP contribution in [0, 0.1) is 0 Å². The molecule has 0 amide bonds. The highest BCUT2D eigenvalue weighted by Crippen LogP contribution is 2.18. The van der Waals surface area contributed by atoms with Crippen molar-refractivity contribution in [1.29, 1.82) is 0 Å². The van der Waals surface area contributed by atoms with Crippen LogP contribution in [0.5, 0.6) is 0 Å². The summed E-state index contributed by atoms with van der Waals surface area (Å²) in [5, 5.41) is 12.0. The van der Waals surface area contributed by atoms with Gasteiger partial charge in [0.2, 0.25) is 5.16 Å². The maximum Gasteiger partial charge on any atom is 0.316 e. The molecule has 1 heterocycles. The monoisotopic (exact) mass is 278 g/mol. The molecule has 1 aromatic carbocycles. The highest BCUT2D eigenvalue weighted by atomic mass is 32.2. The zero-order valence-electron chi connectivity index (χ0n) is 10.7. The van der Waals surface area contributed by atoms with E-state index in [9.17, 15) is 4.79 Å². The molecule has 0 N–H and O–H groups in total. The molecule has 6 nitrogen and oxygen atoms in total. The van der Waals surface area contributed by atoms with Gasteiger partial charge >= 0.3 is 5.97 Å². The molecule has 0 unspecified atom stereocenters. The molecular weight excluding hydrogens is 264 g/mol. The molecule has 0 aliphatic heterocycles. The van der Waals surface area contributed by atoms with Crippen LogP contribution in [-0.2, 0) is 9.53 Å². The Balaban J connectivity index is 2.03. The summed E-state index contributed by atoms with van der Waals surface area (Å²) in [4.78, 5) is 11.5. The summed E-state index contributed by atoms with van der Waals surface area (Å²) in [6.45, 7) is 3.63. The lowest BCUT2D eigenvalue weighted by molar-refractivity contribution is -0.144. The Kier molecular flexibility index (Phi) is 4.51. The Bertz CT molecular complexity index is 542. The molecule has 2 aromatic rings. The molecule has 19 heavy (non-hydrogen) atoms. The lowest BCUT2D eigenvalue weighted by Gasteiger charge is -2.07. The minimum absolute atomic E-state index is 0.113. The lowest BCUT2D eigenvalue weighted by atomic mass is 10.3. The maximum absolute atomic E-state index is 11.5. The number of aromatic nitrogens is 4. The highest BCUT2D eigenvalue weighted by molar-refractivity contribution is 7.99. The summed E-state index contributed by atoms with van der Waals surface area (Å²) in [6, 6.07) is 9.51. The number of carbonyl (C=O) groups excluding carboxylic acids is 1. The van der Waals surface area contributed by atoms with Gasteiger partial charge in [0, 0.05) is 0 Å². The van der Waals surface area contributed by atoms with Crippen molar-refractivity contribution in [1.82, 2.24) is 20.2 Å². The van der Waals surface area contributed by atoms with E-state index in [1.807, 2.05) is 44.2 Å². The number of nitrogens with zero attached hydrogens (tertiary/aromatic N) is 4. The number of carbonyl (C=O) groups is 1. The Morgan fingerprint density at radius 3 is 2.79 bits per heavy atom. The van der Waals surface area contributed by atoms with Crippen LogP contribution in [0.4, 0.5) is 0 Å². The molecule has 0 atom stereocenters. The Morgan fingerprint density at radius 2 is 2.11 bits per heavy atom. The van der Waals surface area contributed by atoms with E-state index in [1.54, 1.807) is 4.68 Å². The molecular formula is C12H14N4O2S. The van der Waals surface area contributed by atoms with Gasteiger partial charge in [-0.05, 0) is 36.4 Å². The minimum atomic E-state index is -0.275. The average molecular weight is 278 g/mol. The van der Waals surface area contributed by atoms with Crippen LogP contribution in [0.15, 0.2) is 35.5 Å². The Hall–Kier alpha value is -1.89. The highest BCUT2D eigenvalue weighted by Gasteiger charge is 2.12. The topological polar surface area (TPSA) is 69.9 Å². The number of ether oxygens (including phenoxy) is 1. The van der Waals surface area contributed by atoms with E-state index >= 15 is 0 Å². The first-order valence-electron chi connectivity index (χ1n) is 5.83. The number of esters is 1. The third-order valence-corrected chi connectivity index (χ3v) is 3.02. The minimum Gasteiger partial charge on any atom is -0.462 e. The molecule has 0 fully saturated rings. The van der Waals surface area contributed by atoms with Gasteiger partial charge < -0.3 is 4.74 Å². The first-order valence-corrected chi connectivity index (χ1v) is 6.81. The predicted octanol–water partition coefficient (Wildman–Crippen LogP) is 1.71. The van der Waals surface area contributed by atoms with Gasteiger partial charge in [0.25, 0.3) is 0 Å². The van der Waals surface area contributed by atoms with Crippen molar-refractivity contribution in [3.63, 3.8) is 0 Å². The van der Waals surface area contributed by atoms with Gasteiger partial charge in [0.15, 0.2) is 0 Å². The van der Waals surface area contributed by atoms with Crippen molar-refractivity contribution in [2.75, 3.05) is 5.75 Å². The molecule has 1 aromatic heterocycles. The van der Waals surface area contributed by atoms with E-state index in [-0.39, 0.29) is 17.8 Å². The summed E-state index contributed by atoms with van der Waals surface area (Å²) in [7, 11) is 0. The molecule has 0 bridgehead atoms. The van der Waals surface area contributed by atoms with Gasteiger partial charge in [0.05, 0.1) is 17.5 Å². The van der Waals surface area contributed by atoms with E-state index in [4.69, 9.17) is 4.74 Å². The quantitative estimate of drug-likeness (QED) is 0.612. The molecule has 0 aliphatic carbocycles. The summed E-state index contributed by atoms with van der Waals surface area (Å²) in [5.74, 6) is -0.0895. The van der Waals surface area contributed by atoms with Gasteiger partial charge in [0.1, 0.15) is 0 Å². The number of tetrazole rings is 1. The van der Waals surface area contributed by atoms with Crippen LogP contribution in [0.25, 0.3) is 5.69 Å². The number of benzene rings is 1. The van der Waals surface area contributed by atoms with E-state index in [1.165, 1.54) is 11.8 Å². The molecule has 2 rings (SSSR count). The average Bonchev–Trinajstić information content (AvgIpc) is 2.85. The number of rotatable bonds is 5. The summed E-state index contributed by atoms with van der Waals surface area (Å²) in [6.07, 6.45) is -0.113. The van der Waals surface area contributed by atoms with E-state index in [0.717, 1.165) is 5.69 Å². The predicted molar refractivity (Wildman–Crippen MR) is 71.1 cm³/mol. The van der Waals surface area contributed by atoms with E-state index < -0.39 is 0 Å². The summed E-state index contributed by atoms with van der Waals surface area (Å²) >= 11 is 1.25. The fourth-order valence-electron chi connectivity index (χ4n) is 1.42. The van der Waals surface area contributed by atoms with Crippen molar-refractivity contribution < 1.29 is 9.53 Å². The molecule has 0 saturated heterocycles. The van der Waals surface area contributed by atoms with Gasteiger partial charge in [-0.1, -0.05) is 30.0 Å². The molecule has 7 heteroatoms. The van der Waals surface area contributed by atoms with Crippen LogP contribution >= 0.6 is 11.8 Å². The SMILES string of the molecule is CC(C)OC(=O)CSc1nnnn1-c1ccccc1. The maximum atomic E-state index is 11.5.